The monoisotopic (exact) mass is 240 g/mol. The Morgan fingerprint density at radius 3 is 2.50 bits per heavy atom. The smallest absolute Gasteiger partial charge is 0.310 e. The van der Waals surface area contributed by atoms with E-state index in [-0.39, 0.29) is 12.4 Å². The molecule has 0 unspecified atom stereocenters. The largest absolute Gasteiger partial charge is 0.460 e. The Hall–Kier alpha value is -1.02. The molecule has 0 aliphatic heterocycles. The number of carbonyl (C=O) groups is 1. The Labute approximate surface area is 102 Å². The van der Waals surface area contributed by atoms with Gasteiger partial charge in [0.1, 0.15) is 5.60 Å². The first-order chi connectivity index (χ1) is 7.28. The predicted molar refractivity (Wildman–Crippen MR) is 65.7 cm³/mol. The second-order valence-corrected chi connectivity index (χ2v) is 5.25. The lowest BCUT2D eigenvalue weighted by molar-refractivity contribution is -0.153. The van der Waals surface area contributed by atoms with Crippen LogP contribution in [-0.2, 0) is 16.0 Å². The molecular formula is C13H17ClO2. The van der Waals surface area contributed by atoms with Crippen LogP contribution in [0.25, 0.3) is 0 Å². The second kappa shape index (κ2) is 4.88. The van der Waals surface area contributed by atoms with Crippen molar-refractivity contribution in [1.29, 1.82) is 0 Å². The van der Waals surface area contributed by atoms with Gasteiger partial charge in [-0.2, -0.15) is 0 Å². The van der Waals surface area contributed by atoms with Crippen molar-refractivity contribution < 1.29 is 9.53 Å². The lowest BCUT2D eigenvalue weighted by atomic mass is 10.1. The molecule has 1 aromatic rings. The van der Waals surface area contributed by atoms with E-state index in [1.807, 2.05) is 39.8 Å². The average molecular weight is 241 g/mol. The van der Waals surface area contributed by atoms with Crippen molar-refractivity contribution >= 4 is 17.6 Å². The Kier molecular flexibility index (Phi) is 3.98. The highest BCUT2D eigenvalue weighted by Gasteiger charge is 2.16. The van der Waals surface area contributed by atoms with Gasteiger partial charge in [0.05, 0.1) is 6.42 Å². The fourth-order valence-corrected chi connectivity index (χ4v) is 1.48. The Morgan fingerprint density at radius 2 is 2.00 bits per heavy atom. The van der Waals surface area contributed by atoms with Gasteiger partial charge < -0.3 is 4.74 Å². The molecule has 0 aromatic heterocycles. The molecule has 0 bridgehead atoms. The molecule has 0 radical (unpaired) electrons. The molecule has 1 aromatic carbocycles. The van der Waals surface area contributed by atoms with Crippen molar-refractivity contribution in [2.45, 2.75) is 39.7 Å². The molecule has 0 aliphatic rings. The summed E-state index contributed by atoms with van der Waals surface area (Å²) in [7, 11) is 0. The van der Waals surface area contributed by atoms with Crippen LogP contribution < -0.4 is 0 Å². The number of rotatable bonds is 2. The van der Waals surface area contributed by atoms with Gasteiger partial charge in [-0.15, -0.1) is 0 Å². The zero-order valence-electron chi connectivity index (χ0n) is 10.1. The van der Waals surface area contributed by atoms with Gasteiger partial charge in [-0.3, -0.25) is 4.79 Å². The number of hydrogen-bond acceptors (Lipinski definition) is 2. The fourth-order valence-electron chi connectivity index (χ4n) is 1.36. The topological polar surface area (TPSA) is 26.3 Å². The van der Waals surface area contributed by atoms with Gasteiger partial charge in [-0.05, 0) is 44.9 Å². The van der Waals surface area contributed by atoms with Gasteiger partial charge >= 0.3 is 5.97 Å². The van der Waals surface area contributed by atoms with Crippen molar-refractivity contribution in [2.75, 3.05) is 0 Å². The number of carbonyl (C=O) groups excluding carboxylic acids is 1. The SMILES string of the molecule is Cc1cc(CC(=O)OC(C)(C)C)ccc1Cl. The molecule has 3 heteroatoms. The highest BCUT2D eigenvalue weighted by atomic mass is 35.5. The van der Waals surface area contributed by atoms with Crippen LogP contribution in [0.15, 0.2) is 18.2 Å². The van der Waals surface area contributed by atoms with E-state index in [1.54, 1.807) is 6.07 Å². The molecule has 0 amide bonds. The third kappa shape index (κ3) is 4.23. The molecule has 0 saturated carbocycles. The van der Waals surface area contributed by atoms with Crippen molar-refractivity contribution in [3.63, 3.8) is 0 Å². The van der Waals surface area contributed by atoms with Crippen LogP contribution in [0.1, 0.15) is 31.9 Å². The molecular weight excluding hydrogens is 224 g/mol. The third-order valence-electron chi connectivity index (χ3n) is 1.99. The quantitative estimate of drug-likeness (QED) is 0.740. The Balaban J connectivity index is 2.67. The first-order valence-electron chi connectivity index (χ1n) is 5.25. The highest BCUT2D eigenvalue weighted by molar-refractivity contribution is 6.31. The van der Waals surface area contributed by atoms with Crippen LogP contribution in [-0.4, -0.2) is 11.6 Å². The lowest BCUT2D eigenvalue weighted by Gasteiger charge is -2.19. The minimum absolute atomic E-state index is 0.214. The summed E-state index contributed by atoms with van der Waals surface area (Å²) in [6, 6.07) is 5.56. The minimum atomic E-state index is -0.432. The van der Waals surface area contributed by atoms with Crippen LogP contribution in [0.4, 0.5) is 0 Å². The molecule has 0 saturated heterocycles. The number of halogens is 1. The molecule has 0 aliphatic carbocycles. The molecule has 0 fully saturated rings. The van der Waals surface area contributed by atoms with E-state index in [4.69, 9.17) is 16.3 Å². The Morgan fingerprint density at radius 1 is 1.38 bits per heavy atom. The Bertz CT molecular complexity index is 391. The zero-order valence-corrected chi connectivity index (χ0v) is 10.9. The molecule has 0 heterocycles. The van der Waals surface area contributed by atoms with E-state index < -0.39 is 5.60 Å². The van der Waals surface area contributed by atoms with Gasteiger partial charge in [0.25, 0.3) is 0 Å². The standard InChI is InChI=1S/C13H17ClO2/c1-9-7-10(5-6-11(9)14)8-12(15)16-13(2,3)4/h5-7H,8H2,1-4H3. The predicted octanol–water partition coefficient (Wildman–Crippen LogP) is 3.53. The molecule has 16 heavy (non-hydrogen) atoms. The van der Waals surface area contributed by atoms with E-state index in [2.05, 4.69) is 0 Å². The van der Waals surface area contributed by atoms with Gasteiger partial charge in [0.2, 0.25) is 0 Å². The number of benzene rings is 1. The normalized spacial score (nSPS) is 11.3. The molecule has 2 nitrogen and oxygen atoms in total. The fraction of sp³-hybridized carbons (Fsp3) is 0.462. The van der Waals surface area contributed by atoms with Gasteiger partial charge in [0.15, 0.2) is 0 Å². The van der Waals surface area contributed by atoms with Crippen molar-refractivity contribution in [2.24, 2.45) is 0 Å². The zero-order chi connectivity index (χ0) is 12.3. The van der Waals surface area contributed by atoms with Gasteiger partial charge in [-0.25, -0.2) is 0 Å². The van der Waals surface area contributed by atoms with Crippen LogP contribution in [0.3, 0.4) is 0 Å². The average Bonchev–Trinajstić information content (AvgIpc) is 2.08. The number of hydrogen-bond donors (Lipinski definition) is 0. The number of esters is 1. The lowest BCUT2D eigenvalue weighted by Crippen LogP contribution is -2.24. The number of ether oxygens (including phenoxy) is 1. The second-order valence-electron chi connectivity index (χ2n) is 4.85. The van der Waals surface area contributed by atoms with Crippen LogP contribution in [0, 0.1) is 6.92 Å². The summed E-state index contributed by atoms with van der Waals surface area (Å²) in [6.45, 7) is 7.49. The summed E-state index contributed by atoms with van der Waals surface area (Å²) < 4.78 is 5.24. The van der Waals surface area contributed by atoms with E-state index in [0.717, 1.165) is 11.1 Å². The van der Waals surface area contributed by atoms with Crippen molar-refractivity contribution in [3.8, 4) is 0 Å². The molecule has 0 spiro atoms. The summed E-state index contributed by atoms with van der Waals surface area (Å²) in [5.41, 5.74) is 1.47. The van der Waals surface area contributed by atoms with Crippen molar-refractivity contribution in [1.82, 2.24) is 0 Å². The summed E-state index contributed by atoms with van der Waals surface area (Å²) in [5.74, 6) is -0.214. The van der Waals surface area contributed by atoms with E-state index in [9.17, 15) is 4.79 Å². The van der Waals surface area contributed by atoms with Crippen LogP contribution in [0.5, 0.6) is 0 Å². The highest BCUT2D eigenvalue weighted by Crippen LogP contribution is 2.17. The summed E-state index contributed by atoms with van der Waals surface area (Å²) in [6.07, 6.45) is 0.287. The third-order valence-corrected chi connectivity index (χ3v) is 2.41. The maximum Gasteiger partial charge on any atom is 0.310 e. The maximum absolute atomic E-state index is 11.6. The molecule has 88 valence electrons. The summed E-state index contributed by atoms with van der Waals surface area (Å²) >= 11 is 5.91. The summed E-state index contributed by atoms with van der Waals surface area (Å²) in [5, 5.41) is 0.716. The van der Waals surface area contributed by atoms with Crippen LogP contribution in [0.2, 0.25) is 5.02 Å². The molecule has 0 N–H and O–H groups in total. The number of aryl methyl sites for hydroxylation is 1. The van der Waals surface area contributed by atoms with Crippen LogP contribution >= 0.6 is 11.6 Å². The van der Waals surface area contributed by atoms with Crippen molar-refractivity contribution in [3.05, 3.63) is 34.3 Å². The summed E-state index contributed by atoms with van der Waals surface area (Å²) in [4.78, 5) is 11.6. The molecule has 1 rings (SSSR count). The first kappa shape index (κ1) is 13.0. The molecule has 0 atom stereocenters. The first-order valence-corrected chi connectivity index (χ1v) is 5.62. The minimum Gasteiger partial charge on any atom is -0.460 e. The van der Waals surface area contributed by atoms with E-state index >= 15 is 0 Å². The van der Waals surface area contributed by atoms with Gasteiger partial charge in [0, 0.05) is 5.02 Å². The maximum atomic E-state index is 11.6. The van der Waals surface area contributed by atoms with E-state index in [1.165, 1.54) is 0 Å². The van der Waals surface area contributed by atoms with Gasteiger partial charge in [-0.1, -0.05) is 23.7 Å². The van der Waals surface area contributed by atoms with E-state index in [0.29, 0.717) is 5.02 Å².